The highest BCUT2D eigenvalue weighted by atomic mass is 79.9. The zero-order valence-corrected chi connectivity index (χ0v) is 10.6. The fourth-order valence-electron chi connectivity index (χ4n) is 1.35. The molecule has 0 saturated heterocycles. The van der Waals surface area contributed by atoms with E-state index in [1.54, 1.807) is 0 Å². The van der Waals surface area contributed by atoms with Gasteiger partial charge in [-0.25, -0.2) is 8.78 Å². The van der Waals surface area contributed by atoms with Crippen LogP contribution in [-0.2, 0) is 4.74 Å². The van der Waals surface area contributed by atoms with Crippen molar-refractivity contribution in [2.24, 2.45) is 5.73 Å². The Labute approximate surface area is 102 Å². The lowest BCUT2D eigenvalue weighted by Gasteiger charge is -2.14. The van der Waals surface area contributed by atoms with Gasteiger partial charge in [0.2, 0.25) is 0 Å². The van der Waals surface area contributed by atoms with E-state index < -0.39 is 17.7 Å². The molecule has 1 atom stereocenters. The molecule has 2 nitrogen and oxygen atoms in total. The van der Waals surface area contributed by atoms with Crippen LogP contribution in [-0.4, -0.2) is 13.2 Å². The van der Waals surface area contributed by atoms with Gasteiger partial charge in [-0.2, -0.15) is 0 Å². The van der Waals surface area contributed by atoms with Crippen LogP contribution in [0.2, 0.25) is 0 Å². The molecule has 0 amide bonds. The highest BCUT2D eigenvalue weighted by molar-refractivity contribution is 9.10. The topological polar surface area (TPSA) is 35.2 Å². The van der Waals surface area contributed by atoms with Gasteiger partial charge in [-0.05, 0) is 18.6 Å². The molecule has 0 spiro atoms. The third kappa shape index (κ3) is 3.50. The molecule has 0 radical (unpaired) electrons. The Kier molecular flexibility index (Phi) is 5.31. The Hall–Kier alpha value is -0.520. The first-order valence-corrected chi connectivity index (χ1v) is 5.83. The molecule has 0 heterocycles. The first kappa shape index (κ1) is 13.5. The molecule has 0 aliphatic carbocycles. The third-order valence-corrected chi connectivity index (χ3v) is 2.52. The quantitative estimate of drug-likeness (QED) is 0.847. The van der Waals surface area contributed by atoms with Crippen molar-refractivity contribution in [2.75, 3.05) is 13.2 Å². The van der Waals surface area contributed by atoms with Gasteiger partial charge in [0.25, 0.3) is 0 Å². The summed E-state index contributed by atoms with van der Waals surface area (Å²) in [4.78, 5) is 0. The average molecular weight is 294 g/mol. The first-order valence-electron chi connectivity index (χ1n) is 5.04. The number of hydrogen-bond donors (Lipinski definition) is 1. The monoisotopic (exact) mass is 293 g/mol. The summed E-state index contributed by atoms with van der Waals surface area (Å²) in [5.74, 6) is -1.31. The van der Waals surface area contributed by atoms with Gasteiger partial charge < -0.3 is 10.5 Å². The van der Waals surface area contributed by atoms with Crippen molar-refractivity contribution >= 4 is 15.9 Å². The van der Waals surface area contributed by atoms with Gasteiger partial charge >= 0.3 is 0 Å². The number of nitrogens with two attached hydrogens (primary N) is 1. The summed E-state index contributed by atoms with van der Waals surface area (Å²) in [6.45, 7) is 2.60. The SMILES string of the molecule is CCCOCC(N)c1c(F)cc(Br)cc1F. The van der Waals surface area contributed by atoms with Crippen molar-refractivity contribution in [2.45, 2.75) is 19.4 Å². The molecule has 0 aliphatic rings. The van der Waals surface area contributed by atoms with Crippen LogP contribution in [0.1, 0.15) is 24.9 Å². The second kappa shape index (κ2) is 6.27. The summed E-state index contributed by atoms with van der Waals surface area (Å²) >= 11 is 3.01. The molecule has 0 bridgehead atoms. The van der Waals surface area contributed by atoms with Crippen molar-refractivity contribution < 1.29 is 13.5 Å². The van der Waals surface area contributed by atoms with Crippen LogP contribution in [0, 0.1) is 11.6 Å². The Morgan fingerprint density at radius 3 is 2.44 bits per heavy atom. The highest BCUT2D eigenvalue weighted by Crippen LogP contribution is 2.23. The molecule has 16 heavy (non-hydrogen) atoms. The van der Waals surface area contributed by atoms with Crippen molar-refractivity contribution in [1.82, 2.24) is 0 Å². The van der Waals surface area contributed by atoms with E-state index in [-0.39, 0.29) is 12.2 Å². The molecule has 5 heteroatoms. The zero-order valence-electron chi connectivity index (χ0n) is 8.97. The van der Waals surface area contributed by atoms with Gasteiger partial charge in [0.15, 0.2) is 0 Å². The maximum absolute atomic E-state index is 13.5. The molecular weight excluding hydrogens is 280 g/mol. The Bertz CT molecular complexity index is 337. The second-order valence-electron chi connectivity index (χ2n) is 3.46. The Balaban J connectivity index is 2.78. The Morgan fingerprint density at radius 2 is 1.94 bits per heavy atom. The van der Waals surface area contributed by atoms with E-state index in [1.165, 1.54) is 12.1 Å². The molecule has 0 fully saturated rings. The molecule has 1 rings (SSSR count). The number of halogens is 3. The molecule has 1 aromatic rings. The van der Waals surface area contributed by atoms with Crippen LogP contribution in [0.25, 0.3) is 0 Å². The minimum absolute atomic E-state index is 0.114. The lowest BCUT2D eigenvalue weighted by atomic mass is 10.1. The minimum atomic E-state index is -0.778. The van der Waals surface area contributed by atoms with E-state index in [0.29, 0.717) is 11.1 Å². The van der Waals surface area contributed by atoms with Gasteiger partial charge in [0.1, 0.15) is 11.6 Å². The van der Waals surface area contributed by atoms with Gasteiger partial charge in [0.05, 0.1) is 12.6 Å². The van der Waals surface area contributed by atoms with Gasteiger partial charge in [-0.3, -0.25) is 0 Å². The average Bonchev–Trinajstić information content (AvgIpc) is 2.16. The smallest absolute Gasteiger partial charge is 0.132 e. The number of rotatable bonds is 5. The number of ether oxygens (including phenoxy) is 1. The maximum atomic E-state index is 13.5. The lowest BCUT2D eigenvalue weighted by molar-refractivity contribution is 0.120. The van der Waals surface area contributed by atoms with Gasteiger partial charge in [-0.15, -0.1) is 0 Å². The van der Waals surface area contributed by atoms with Crippen LogP contribution in [0.4, 0.5) is 8.78 Å². The molecule has 90 valence electrons. The molecule has 0 aromatic heterocycles. The predicted octanol–water partition coefficient (Wildman–Crippen LogP) is 3.15. The summed E-state index contributed by atoms with van der Waals surface area (Å²) in [5.41, 5.74) is 5.54. The summed E-state index contributed by atoms with van der Waals surface area (Å²) in [5, 5.41) is 0. The summed E-state index contributed by atoms with van der Waals surface area (Å²) in [7, 11) is 0. The fourth-order valence-corrected chi connectivity index (χ4v) is 1.75. The minimum Gasteiger partial charge on any atom is -0.379 e. The van der Waals surface area contributed by atoms with Crippen LogP contribution in [0.5, 0.6) is 0 Å². The molecule has 2 N–H and O–H groups in total. The van der Waals surface area contributed by atoms with Crippen molar-refractivity contribution in [3.8, 4) is 0 Å². The number of benzene rings is 1. The fraction of sp³-hybridized carbons (Fsp3) is 0.455. The van der Waals surface area contributed by atoms with E-state index >= 15 is 0 Å². The van der Waals surface area contributed by atoms with Gasteiger partial charge in [-0.1, -0.05) is 22.9 Å². The third-order valence-electron chi connectivity index (χ3n) is 2.06. The molecule has 1 unspecified atom stereocenters. The van der Waals surface area contributed by atoms with Crippen LogP contribution in [0.15, 0.2) is 16.6 Å². The summed E-state index contributed by atoms with van der Waals surface area (Å²) in [6, 6.07) is 1.61. The van der Waals surface area contributed by atoms with Crippen LogP contribution >= 0.6 is 15.9 Å². The van der Waals surface area contributed by atoms with E-state index in [2.05, 4.69) is 15.9 Å². The van der Waals surface area contributed by atoms with Gasteiger partial charge in [0, 0.05) is 16.6 Å². The Morgan fingerprint density at radius 1 is 1.38 bits per heavy atom. The van der Waals surface area contributed by atoms with E-state index in [9.17, 15) is 8.78 Å². The van der Waals surface area contributed by atoms with E-state index in [4.69, 9.17) is 10.5 Å². The zero-order chi connectivity index (χ0) is 12.1. The highest BCUT2D eigenvalue weighted by Gasteiger charge is 2.17. The molecular formula is C11H14BrF2NO. The van der Waals surface area contributed by atoms with Crippen LogP contribution < -0.4 is 5.73 Å². The first-order chi connectivity index (χ1) is 7.56. The predicted molar refractivity (Wildman–Crippen MR) is 62.1 cm³/mol. The van der Waals surface area contributed by atoms with Crippen molar-refractivity contribution in [3.63, 3.8) is 0 Å². The largest absolute Gasteiger partial charge is 0.379 e. The molecule has 0 saturated carbocycles. The number of hydrogen-bond acceptors (Lipinski definition) is 2. The van der Waals surface area contributed by atoms with Crippen molar-refractivity contribution in [1.29, 1.82) is 0 Å². The van der Waals surface area contributed by atoms with Crippen molar-refractivity contribution in [3.05, 3.63) is 33.8 Å². The van der Waals surface area contributed by atoms with E-state index in [1.807, 2.05) is 6.92 Å². The van der Waals surface area contributed by atoms with E-state index in [0.717, 1.165) is 6.42 Å². The molecule has 1 aromatic carbocycles. The second-order valence-corrected chi connectivity index (χ2v) is 4.38. The maximum Gasteiger partial charge on any atom is 0.132 e. The lowest BCUT2D eigenvalue weighted by Crippen LogP contribution is -2.20. The standard InChI is InChI=1S/C11H14BrF2NO/c1-2-3-16-6-10(15)11-8(13)4-7(12)5-9(11)14/h4-5,10H,2-3,6,15H2,1H3. The van der Waals surface area contributed by atoms with Crippen LogP contribution in [0.3, 0.4) is 0 Å². The summed E-state index contributed by atoms with van der Waals surface area (Å²) in [6.07, 6.45) is 0.845. The molecule has 0 aliphatic heterocycles. The summed E-state index contributed by atoms with van der Waals surface area (Å²) < 4.78 is 32.5. The normalized spacial score (nSPS) is 12.8.